The van der Waals surface area contributed by atoms with Crippen molar-refractivity contribution >= 4 is 26.9 Å². The van der Waals surface area contributed by atoms with E-state index in [0.717, 1.165) is 30.5 Å². The van der Waals surface area contributed by atoms with Gasteiger partial charge in [0.15, 0.2) is 0 Å². The number of halogens is 4. The van der Waals surface area contributed by atoms with Crippen LogP contribution in [-0.4, -0.2) is 30.3 Å². The van der Waals surface area contributed by atoms with E-state index in [1.807, 2.05) is 0 Å². The molecule has 4 aromatic rings. The van der Waals surface area contributed by atoms with Gasteiger partial charge in [0, 0.05) is 29.4 Å². The molecule has 0 spiro atoms. The first-order chi connectivity index (χ1) is 17.5. The van der Waals surface area contributed by atoms with E-state index in [4.69, 9.17) is 4.42 Å². The standard InChI is InChI=1S/C24H20F4N4O4S/c1-2-19(32-37(34,35)22-11-15-9-17(25)4-6-21(15)36-22)23(33)31-13-18-10-14(7-8-29-18)20-5-3-16(12-30-20)24(26,27)28/h3-12,19,32H,2,13H2,1H3,(H,31,33)/t19-/m0/s1. The molecule has 0 saturated carbocycles. The van der Waals surface area contributed by atoms with Gasteiger partial charge in [-0.3, -0.25) is 14.8 Å². The number of alkyl halides is 3. The minimum Gasteiger partial charge on any atom is -0.443 e. The highest BCUT2D eigenvalue weighted by molar-refractivity contribution is 7.89. The molecule has 0 radical (unpaired) electrons. The second kappa shape index (κ2) is 10.3. The average molecular weight is 537 g/mol. The third kappa shape index (κ3) is 6.12. The fourth-order valence-electron chi connectivity index (χ4n) is 3.46. The summed E-state index contributed by atoms with van der Waals surface area (Å²) in [6.07, 6.45) is -2.24. The van der Waals surface area contributed by atoms with Gasteiger partial charge in [-0.2, -0.15) is 17.9 Å². The quantitative estimate of drug-likeness (QED) is 0.322. The number of sulfonamides is 1. The maximum atomic E-state index is 13.4. The topological polar surface area (TPSA) is 114 Å². The lowest BCUT2D eigenvalue weighted by molar-refractivity contribution is -0.137. The molecular weight excluding hydrogens is 516 g/mol. The van der Waals surface area contributed by atoms with E-state index in [1.165, 1.54) is 18.3 Å². The molecule has 13 heteroatoms. The molecule has 0 unspecified atom stereocenters. The number of aromatic nitrogens is 2. The van der Waals surface area contributed by atoms with Crippen molar-refractivity contribution in [2.75, 3.05) is 0 Å². The molecule has 1 aromatic carbocycles. The molecule has 0 saturated heterocycles. The number of hydrogen-bond donors (Lipinski definition) is 2. The van der Waals surface area contributed by atoms with Crippen molar-refractivity contribution in [1.82, 2.24) is 20.0 Å². The highest BCUT2D eigenvalue weighted by Gasteiger charge is 2.31. The third-order valence-electron chi connectivity index (χ3n) is 5.39. The molecule has 4 rings (SSSR count). The highest BCUT2D eigenvalue weighted by atomic mass is 32.2. The smallest absolute Gasteiger partial charge is 0.417 e. The van der Waals surface area contributed by atoms with Gasteiger partial charge >= 0.3 is 6.18 Å². The van der Waals surface area contributed by atoms with Gasteiger partial charge in [0.2, 0.25) is 11.0 Å². The number of pyridine rings is 2. The molecule has 3 heterocycles. The molecule has 0 aliphatic carbocycles. The van der Waals surface area contributed by atoms with Gasteiger partial charge in [-0.15, -0.1) is 0 Å². The number of rotatable bonds is 8. The van der Waals surface area contributed by atoms with Gasteiger partial charge in [0.25, 0.3) is 10.0 Å². The van der Waals surface area contributed by atoms with Crippen LogP contribution in [0.25, 0.3) is 22.2 Å². The zero-order valence-electron chi connectivity index (χ0n) is 19.2. The summed E-state index contributed by atoms with van der Waals surface area (Å²) in [6, 6.07) is 8.84. The van der Waals surface area contributed by atoms with E-state index in [-0.39, 0.29) is 29.6 Å². The molecule has 0 fully saturated rings. The molecule has 1 amide bonds. The summed E-state index contributed by atoms with van der Waals surface area (Å²) in [6.45, 7) is 1.53. The summed E-state index contributed by atoms with van der Waals surface area (Å²) in [5.41, 5.74) is 0.452. The Bertz CT molecular complexity index is 1540. The number of fused-ring (bicyclic) bond motifs is 1. The Balaban J connectivity index is 1.42. The molecule has 2 N–H and O–H groups in total. The zero-order chi connectivity index (χ0) is 26.8. The Labute approximate surface area is 208 Å². The van der Waals surface area contributed by atoms with Crippen LogP contribution in [0.15, 0.2) is 70.4 Å². The van der Waals surface area contributed by atoms with E-state index < -0.39 is 44.6 Å². The van der Waals surface area contributed by atoms with Gasteiger partial charge in [-0.1, -0.05) is 6.92 Å². The molecule has 37 heavy (non-hydrogen) atoms. The molecule has 8 nitrogen and oxygen atoms in total. The van der Waals surface area contributed by atoms with E-state index in [2.05, 4.69) is 20.0 Å². The fourth-order valence-corrected chi connectivity index (χ4v) is 4.70. The predicted molar refractivity (Wildman–Crippen MR) is 125 cm³/mol. The maximum Gasteiger partial charge on any atom is 0.417 e. The molecule has 1 atom stereocenters. The number of benzene rings is 1. The summed E-state index contributed by atoms with van der Waals surface area (Å²) in [7, 11) is -4.24. The van der Waals surface area contributed by atoms with E-state index >= 15 is 0 Å². The van der Waals surface area contributed by atoms with Crippen LogP contribution in [0.1, 0.15) is 24.6 Å². The minimum absolute atomic E-state index is 0.0740. The SMILES string of the molecule is CC[C@H](NS(=O)(=O)c1cc2cc(F)ccc2o1)C(=O)NCc1cc(-c2ccc(C(F)(F)F)cn2)ccn1. The van der Waals surface area contributed by atoms with Crippen LogP contribution in [-0.2, 0) is 27.5 Å². The first-order valence-corrected chi connectivity index (χ1v) is 12.4. The first-order valence-electron chi connectivity index (χ1n) is 10.9. The van der Waals surface area contributed by atoms with Gasteiger partial charge in [0.1, 0.15) is 17.4 Å². The summed E-state index contributed by atoms with van der Waals surface area (Å²) in [5, 5.41) is 2.38. The Morgan fingerprint density at radius 1 is 1.08 bits per heavy atom. The summed E-state index contributed by atoms with van der Waals surface area (Å²) in [4.78, 5) is 20.7. The number of furan rings is 1. The number of carbonyl (C=O) groups excluding carboxylic acids is 1. The Kier molecular flexibility index (Phi) is 7.28. The Morgan fingerprint density at radius 3 is 2.54 bits per heavy atom. The van der Waals surface area contributed by atoms with Crippen molar-refractivity contribution < 1.29 is 35.2 Å². The van der Waals surface area contributed by atoms with Crippen molar-refractivity contribution in [3.05, 3.63) is 78.0 Å². The van der Waals surface area contributed by atoms with Crippen molar-refractivity contribution in [1.29, 1.82) is 0 Å². The normalized spacial score (nSPS) is 13.0. The van der Waals surface area contributed by atoms with Gasteiger partial charge in [0.05, 0.1) is 23.5 Å². The summed E-state index contributed by atoms with van der Waals surface area (Å²) >= 11 is 0. The molecular formula is C24H20F4N4O4S. The van der Waals surface area contributed by atoms with Gasteiger partial charge in [-0.25, -0.2) is 12.8 Å². The van der Waals surface area contributed by atoms with Gasteiger partial charge < -0.3 is 9.73 Å². The predicted octanol–water partition coefficient (Wildman–Crippen LogP) is 4.42. The van der Waals surface area contributed by atoms with E-state index in [0.29, 0.717) is 11.3 Å². The lowest BCUT2D eigenvalue weighted by Gasteiger charge is -2.16. The lowest BCUT2D eigenvalue weighted by atomic mass is 10.1. The number of nitrogens with zero attached hydrogens (tertiary/aromatic N) is 2. The third-order valence-corrected chi connectivity index (χ3v) is 6.72. The Morgan fingerprint density at radius 2 is 1.86 bits per heavy atom. The van der Waals surface area contributed by atoms with Crippen LogP contribution in [0.4, 0.5) is 17.6 Å². The van der Waals surface area contributed by atoms with Gasteiger partial charge in [-0.05, 0) is 48.9 Å². The van der Waals surface area contributed by atoms with Crippen LogP contribution < -0.4 is 10.0 Å². The zero-order valence-corrected chi connectivity index (χ0v) is 20.0. The average Bonchev–Trinajstić information content (AvgIpc) is 3.30. The van der Waals surface area contributed by atoms with Crippen LogP contribution in [0, 0.1) is 5.82 Å². The number of nitrogens with one attached hydrogen (secondary N) is 2. The Hall–Kier alpha value is -3.84. The van der Waals surface area contributed by atoms with Crippen molar-refractivity contribution in [2.24, 2.45) is 0 Å². The van der Waals surface area contributed by atoms with Crippen LogP contribution in [0.3, 0.4) is 0 Å². The summed E-state index contributed by atoms with van der Waals surface area (Å²) in [5.74, 6) is -1.18. The number of hydrogen-bond acceptors (Lipinski definition) is 6. The summed E-state index contributed by atoms with van der Waals surface area (Å²) < 4.78 is 84.8. The second-order valence-electron chi connectivity index (χ2n) is 8.01. The number of amides is 1. The molecule has 194 valence electrons. The molecule has 3 aromatic heterocycles. The molecule has 0 bridgehead atoms. The first kappa shape index (κ1) is 26.2. The van der Waals surface area contributed by atoms with E-state index in [9.17, 15) is 30.8 Å². The molecule has 0 aliphatic heterocycles. The lowest BCUT2D eigenvalue weighted by Crippen LogP contribution is -2.46. The second-order valence-corrected chi connectivity index (χ2v) is 9.66. The minimum atomic E-state index is -4.50. The highest BCUT2D eigenvalue weighted by Crippen LogP contribution is 2.30. The van der Waals surface area contributed by atoms with Crippen molar-refractivity contribution in [3.63, 3.8) is 0 Å². The van der Waals surface area contributed by atoms with Crippen LogP contribution in [0.2, 0.25) is 0 Å². The maximum absolute atomic E-state index is 13.4. The number of carbonyl (C=O) groups is 1. The molecule has 0 aliphatic rings. The van der Waals surface area contributed by atoms with Crippen LogP contribution >= 0.6 is 0 Å². The largest absolute Gasteiger partial charge is 0.443 e. The van der Waals surface area contributed by atoms with Crippen LogP contribution in [0.5, 0.6) is 0 Å². The monoisotopic (exact) mass is 536 g/mol. The van der Waals surface area contributed by atoms with Crippen molar-refractivity contribution in [2.45, 2.75) is 37.2 Å². The fraction of sp³-hybridized carbons (Fsp3) is 0.208. The van der Waals surface area contributed by atoms with E-state index in [1.54, 1.807) is 19.1 Å². The van der Waals surface area contributed by atoms with Crippen molar-refractivity contribution in [3.8, 4) is 11.3 Å².